The Balaban J connectivity index is 3.51. The van der Waals surface area contributed by atoms with E-state index in [9.17, 15) is 0 Å². The molecular formula is C10H24O2Si. The highest BCUT2D eigenvalue weighted by molar-refractivity contribution is 6.44. The Labute approximate surface area is 84.5 Å². The van der Waals surface area contributed by atoms with Crippen LogP contribution in [-0.2, 0) is 8.85 Å². The fourth-order valence-electron chi connectivity index (χ4n) is 0.883. The molecule has 80 valence electrons. The van der Waals surface area contributed by atoms with Gasteiger partial charge in [0.05, 0.1) is 0 Å². The lowest BCUT2D eigenvalue weighted by molar-refractivity contribution is 0.164. The van der Waals surface area contributed by atoms with Crippen molar-refractivity contribution < 1.29 is 8.85 Å². The van der Waals surface area contributed by atoms with E-state index in [0.717, 1.165) is 19.3 Å². The molecule has 0 aliphatic carbocycles. The maximum Gasteiger partial charge on any atom is 0.321 e. The molecule has 0 N–H and O–H groups in total. The second kappa shape index (κ2) is 7.53. The van der Waals surface area contributed by atoms with Crippen LogP contribution >= 0.6 is 0 Å². The van der Waals surface area contributed by atoms with Crippen LogP contribution in [0.5, 0.6) is 0 Å². The van der Waals surface area contributed by atoms with E-state index in [4.69, 9.17) is 8.85 Å². The van der Waals surface area contributed by atoms with E-state index in [2.05, 4.69) is 34.6 Å². The quantitative estimate of drug-likeness (QED) is 0.593. The van der Waals surface area contributed by atoms with Gasteiger partial charge in [-0.2, -0.15) is 0 Å². The summed E-state index contributed by atoms with van der Waals surface area (Å²) < 4.78 is 11.4. The van der Waals surface area contributed by atoms with Gasteiger partial charge in [0, 0.05) is 13.2 Å². The van der Waals surface area contributed by atoms with Gasteiger partial charge in [-0.3, -0.25) is 0 Å². The third-order valence-corrected chi connectivity index (χ3v) is 3.36. The van der Waals surface area contributed by atoms with Crippen LogP contribution in [0, 0.1) is 11.8 Å². The Morgan fingerprint density at radius 3 is 1.54 bits per heavy atom. The maximum absolute atomic E-state index is 5.72. The van der Waals surface area contributed by atoms with Crippen molar-refractivity contribution in [3.63, 3.8) is 0 Å². The molecule has 0 aromatic rings. The van der Waals surface area contributed by atoms with Crippen molar-refractivity contribution in [3.05, 3.63) is 0 Å². The third-order valence-electron chi connectivity index (χ3n) is 1.56. The topological polar surface area (TPSA) is 18.5 Å². The summed E-state index contributed by atoms with van der Waals surface area (Å²) in [7, 11) is -1.33. The Bertz CT molecular complexity index is 103. The van der Waals surface area contributed by atoms with E-state index in [1.165, 1.54) is 0 Å². The fourth-order valence-corrected chi connectivity index (χ4v) is 2.65. The highest BCUT2D eigenvalue weighted by Crippen LogP contribution is 2.03. The van der Waals surface area contributed by atoms with Gasteiger partial charge in [0.1, 0.15) is 0 Å². The van der Waals surface area contributed by atoms with Crippen molar-refractivity contribution in [2.75, 3.05) is 13.2 Å². The van der Waals surface area contributed by atoms with E-state index in [0.29, 0.717) is 11.8 Å². The third kappa shape index (κ3) is 8.47. The molecule has 3 heteroatoms. The molecule has 0 saturated heterocycles. The van der Waals surface area contributed by atoms with Crippen LogP contribution < -0.4 is 0 Å². The van der Waals surface area contributed by atoms with Crippen molar-refractivity contribution >= 4 is 9.28 Å². The van der Waals surface area contributed by atoms with Gasteiger partial charge in [-0.25, -0.2) is 0 Å². The highest BCUT2D eigenvalue weighted by atomic mass is 28.3. The molecule has 0 bridgehead atoms. The van der Waals surface area contributed by atoms with Crippen LogP contribution in [0.15, 0.2) is 0 Å². The predicted molar refractivity (Wildman–Crippen MR) is 59.2 cm³/mol. The average Bonchev–Trinajstić information content (AvgIpc) is 2.04. The molecule has 0 spiro atoms. The van der Waals surface area contributed by atoms with Crippen molar-refractivity contribution in [2.24, 2.45) is 11.8 Å². The first-order chi connectivity index (χ1) is 6.06. The van der Waals surface area contributed by atoms with Crippen LogP contribution in [0.25, 0.3) is 0 Å². The van der Waals surface area contributed by atoms with Crippen LogP contribution in [0.4, 0.5) is 0 Å². The minimum atomic E-state index is -1.33. The summed E-state index contributed by atoms with van der Waals surface area (Å²) in [5.74, 6) is 1.23. The first kappa shape index (κ1) is 13.1. The Morgan fingerprint density at radius 1 is 0.923 bits per heavy atom. The Morgan fingerprint density at radius 2 is 1.31 bits per heavy atom. The molecule has 0 amide bonds. The molecule has 0 aliphatic heterocycles. The molecule has 0 atom stereocenters. The highest BCUT2D eigenvalue weighted by Gasteiger charge is 2.11. The van der Waals surface area contributed by atoms with Gasteiger partial charge >= 0.3 is 9.28 Å². The molecule has 0 saturated carbocycles. The average molecular weight is 204 g/mol. The lowest BCUT2D eigenvalue weighted by Gasteiger charge is -2.17. The molecule has 0 heterocycles. The van der Waals surface area contributed by atoms with Crippen molar-refractivity contribution in [3.8, 4) is 0 Å². The lowest BCUT2D eigenvalue weighted by atomic mass is 10.2. The van der Waals surface area contributed by atoms with Gasteiger partial charge in [-0.05, 0) is 17.9 Å². The molecule has 2 nitrogen and oxygen atoms in total. The molecule has 0 radical (unpaired) electrons. The maximum atomic E-state index is 5.72. The summed E-state index contributed by atoms with van der Waals surface area (Å²) in [6.07, 6.45) is 0. The smallest absolute Gasteiger partial charge is 0.321 e. The number of hydrogen-bond donors (Lipinski definition) is 0. The molecule has 0 rings (SSSR count). The summed E-state index contributed by atoms with van der Waals surface area (Å²) in [4.78, 5) is 0. The Kier molecular flexibility index (Phi) is 7.61. The van der Waals surface area contributed by atoms with Crippen molar-refractivity contribution in [1.29, 1.82) is 0 Å². The molecule has 13 heavy (non-hydrogen) atoms. The van der Waals surface area contributed by atoms with Crippen molar-refractivity contribution in [2.45, 2.75) is 40.7 Å². The summed E-state index contributed by atoms with van der Waals surface area (Å²) in [6.45, 7) is 12.5. The summed E-state index contributed by atoms with van der Waals surface area (Å²) >= 11 is 0. The SMILES string of the molecule is CC[SiH](OCC(C)C)OCC(C)C. The van der Waals surface area contributed by atoms with Gasteiger partial charge in [0.2, 0.25) is 0 Å². The van der Waals surface area contributed by atoms with Gasteiger partial charge in [-0.15, -0.1) is 0 Å². The van der Waals surface area contributed by atoms with Gasteiger partial charge in [0.15, 0.2) is 0 Å². The second-order valence-corrected chi connectivity index (χ2v) is 6.63. The molecule has 0 aromatic carbocycles. The molecule has 0 fully saturated rings. The predicted octanol–water partition coefficient (Wildman–Crippen LogP) is 2.57. The zero-order chi connectivity index (χ0) is 10.3. The van der Waals surface area contributed by atoms with Crippen LogP contribution in [0.2, 0.25) is 6.04 Å². The lowest BCUT2D eigenvalue weighted by Crippen LogP contribution is -2.25. The zero-order valence-electron chi connectivity index (χ0n) is 9.67. The summed E-state index contributed by atoms with van der Waals surface area (Å²) in [6, 6.07) is 1.07. The fraction of sp³-hybridized carbons (Fsp3) is 1.00. The standard InChI is InChI=1S/C10H24O2Si/c1-6-13(11-7-9(2)3)12-8-10(4)5/h9-10,13H,6-8H2,1-5H3. The van der Waals surface area contributed by atoms with Crippen LogP contribution in [0.3, 0.4) is 0 Å². The van der Waals surface area contributed by atoms with Crippen LogP contribution in [-0.4, -0.2) is 22.5 Å². The molecule has 0 unspecified atom stereocenters. The van der Waals surface area contributed by atoms with Crippen LogP contribution in [0.1, 0.15) is 34.6 Å². The minimum absolute atomic E-state index is 0.615. The van der Waals surface area contributed by atoms with E-state index >= 15 is 0 Å². The second-order valence-electron chi connectivity index (χ2n) is 4.29. The van der Waals surface area contributed by atoms with E-state index in [1.54, 1.807) is 0 Å². The minimum Gasteiger partial charge on any atom is -0.396 e. The van der Waals surface area contributed by atoms with E-state index < -0.39 is 9.28 Å². The van der Waals surface area contributed by atoms with E-state index in [1.807, 2.05) is 0 Å². The summed E-state index contributed by atoms with van der Waals surface area (Å²) in [5.41, 5.74) is 0. The van der Waals surface area contributed by atoms with Gasteiger partial charge in [-0.1, -0.05) is 34.6 Å². The van der Waals surface area contributed by atoms with Gasteiger partial charge < -0.3 is 8.85 Å². The molecule has 0 aromatic heterocycles. The first-order valence-electron chi connectivity index (χ1n) is 5.29. The van der Waals surface area contributed by atoms with E-state index in [-0.39, 0.29) is 0 Å². The van der Waals surface area contributed by atoms with Gasteiger partial charge in [0.25, 0.3) is 0 Å². The monoisotopic (exact) mass is 204 g/mol. The first-order valence-corrected chi connectivity index (χ1v) is 7.05. The number of rotatable bonds is 7. The normalized spacial score (nSPS) is 12.0. The summed E-state index contributed by atoms with van der Waals surface area (Å²) in [5, 5.41) is 0. The number of hydrogen-bond acceptors (Lipinski definition) is 2. The zero-order valence-corrected chi connectivity index (χ0v) is 10.8. The van der Waals surface area contributed by atoms with Crippen molar-refractivity contribution in [1.82, 2.24) is 0 Å². The molecular weight excluding hydrogens is 180 g/mol. The molecule has 0 aliphatic rings. The Hall–Kier alpha value is 0.137. The largest absolute Gasteiger partial charge is 0.396 e.